The smallest absolute Gasteiger partial charge is 0.231 e. The van der Waals surface area contributed by atoms with Crippen molar-refractivity contribution >= 4 is 11.7 Å². The van der Waals surface area contributed by atoms with Gasteiger partial charge in [0.1, 0.15) is 5.78 Å². The molecule has 0 saturated carbocycles. The van der Waals surface area contributed by atoms with Gasteiger partial charge in [0.2, 0.25) is 12.7 Å². The van der Waals surface area contributed by atoms with Gasteiger partial charge < -0.3 is 14.4 Å². The van der Waals surface area contributed by atoms with Crippen LogP contribution >= 0.6 is 0 Å². The number of benzene rings is 1. The Morgan fingerprint density at radius 1 is 1.09 bits per heavy atom. The highest BCUT2D eigenvalue weighted by atomic mass is 16.7. The molecule has 6 nitrogen and oxygen atoms in total. The van der Waals surface area contributed by atoms with Gasteiger partial charge in [-0.1, -0.05) is 6.07 Å². The molecule has 1 aromatic carbocycles. The largest absolute Gasteiger partial charge is 0.454 e. The average Bonchev–Trinajstić information content (AvgIpc) is 2.95. The van der Waals surface area contributed by atoms with Crippen molar-refractivity contribution in [2.75, 3.05) is 33.0 Å². The van der Waals surface area contributed by atoms with Crippen LogP contribution in [-0.2, 0) is 16.1 Å². The van der Waals surface area contributed by atoms with E-state index in [2.05, 4.69) is 4.90 Å². The number of amides is 1. The van der Waals surface area contributed by atoms with Gasteiger partial charge in [-0.3, -0.25) is 14.5 Å². The Morgan fingerprint density at radius 2 is 1.82 bits per heavy atom. The summed E-state index contributed by atoms with van der Waals surface area (Å²) < 4.78 is 10.7. The van der Waals surface area contributed by atoms with Crippen molar-refractivity contribution in [2.24, 2.45) is 0 Å². The Labute approximate surface area is 129 Å². The predicted octanol–water partition coefficient (Wildman–Crippen LogP) is 1.04. The molecule has 0 N–H and O–H groups in total. The third-order valence-corrected chi connectivity index (χ3v) is 3.97. The molecule has 0 unspecified atom stereocenters. The van der Waals surface area contributed by atoms with Crippen LogP contribution in [-0.4, -0.2) is 54.5 Å². The molecule has 1 saturated heterocycles. The Hall–Kier alpha value is -2.08. The number of Topliss-reactive ketones (excluding diaryl/α,β-unsaturated/α-hetero) is 1. The van der Waals surface area contributed by atoms with Crippen LogP contribution in [0, 0.1) is 0 Å². The number of piperazine rings is 1. The minimum absolute atomic E-state index is 0.0160. The first-order chi connectivity index (χ1) is 10.6. The Morgan fingerprint density at radius 3 is 2.55 bits per heavy atom. The molecule has 0 aliphatic carbocycles. The highest BCUT2D eigenvalue weighted by Crippen LogP contribution is 2.32. The SMILES string of the molecule is CC(=O)CC(=O)N1CCN(Cc2ccc3c(c2)OCO3)CC1. The quantitative estimate of drug-likeness (QED) is 0.778. The number of nitrogens with zero attached hydrogens (tertiary/aromatic N) is 2. The van der Waals surface area contributed by atoms with Crippen LogP contribution in [0.3, 0.4) is 0 Å². The summed E-state index contributed by atoms with van der Waals surface area (Å²) in [5.74, 6) is 1.46. The third-order valence-electron chi connectivity index (χ3n) is 3.97. The normalized spacial score (nSPS) is 17.6. The molecule has 2 aliphatic heterocycles. The number of hydrogen-bond donors (Lipinski definition) is 0. The lowest BCUT2D eigenvalue weighted by Gasteiger charge is -2.34. The highest BCUT2D eigenvalue weighted by molar-refractivity contribution is 5.96. The maximum Gasteiger partial charge on any atom is 0.231 e. The molecule has 118 valence electrons. The molecule has 6 heteroatoms. The minimum Gasteiger partial charge on any atom is -0.454 e. The van der Waals surface area contributed by atoms with E-state index >= 15 is 0 Å². The van der Waals surface area contributed by atoms with Gasteiger partial charge in [-0.15, -0.1) is 0 Å². The van der Waals surface area contributed by atoms with E-state index in [4.69, 9.17) is 9.47 Å². The second-order valence-electron chi connectivity index (χ2n) is 5.72. The first kappa shape index (κ1) is 14.8. The summed E-state index contributed by atoms with van der Waals surface area (Å²) in [5, 5.41) is 0. The van der Waals surface area contributed by atoms with Crippen LogP contribution in [0.25, 0.3) is 0 Å². The monoisotopic (exact) mass is 304 g/mol. The maximum absolute atomic E-state index is 11.9. The van der Waals surface area contributed by atoms with Crippen molar-refractivity contribution in [1.29, 1.82) is 0 Å². The molecular formula is C16H20N2O4. The van der Waals surface area contributed by atoms with Gasteiger partial charge in [0.05, 0.1) is 6.42 Å². The molecular weight excluding hydrogens is 284 g/mol. The van der Waals surface area contributed by atoms with Gasteiger partial charge in [0.25, 0.3) is 0 Å². The van der Waals surface area contributed by atoms with E-state index in [1.165, 1.54) is 12.5 Å². The van der Waals surface area contributed by atoms with Gasteiger partial charge in [-0.05, 0) is 24.6 Å². The second-order valence-corrected chi connectivity index (χ2v) is 5.72. The van der Waals surface area contributed by atoms with E-state index in [1.54, 1.807) is 4.90 Å². The summed E-state index contributed by atoms with van der Waals surface area (Å²) in [5.41, 5.74) is 1.17. The number of carbonyl (C=O) groups is 2. The summed E-state index contributed by atoms with van der Waals surface area (Å²) in [6, 6.07) is 5.99. The van der Waals surface area contributed by atoms with Gasteiger partial charge in [-0.25, -0.2) is 0 Å². The van der Waals surface area contributed by atoms with E-state index in [1.807, 2.05) is 18.2 Å². The number of ketones is 1. The summed E-state index contributed by atoms with van der Waals surface area (Å²) in [7, 11) is 0. The third kappa shape index (κ3) is 3.39. The van der Waals surface area contributed by atoms with Gasteiger partial charge in [0.15, 0.2) is 11.5 Å². The van der Waals surface area contributed by atoms with Crippen molar-refractivity contribution in [2.45, 2.75) is 19.9 Å². The zero-order valence-electron chi connectivity index (χ0n) is 12.7. The van der Waals surface area contributed by atoms with Crippen LogP contribution in [0.5, 0.6) is 11.5 Å². The molecule has 1 amide bonds. The first-order valence-electron chi connectivity index (χ1n) is 7.50. The molecule has 2 aliphatic rings. The van der Waals surface area contributed by atoms with Crippen LogP contribution in [0.2, 0.25) is 0 Å². The molecule has 0 spiro atoms. The first-order valence-corrected chi connectivity index (χ1v) is 7.50. The summed E-state index contributed by atoms with van der Waals surface area (Å²) >= 11 is 0. The van der Waals surface area contributed by atoms with Crippen molar-refractivity contribution < 1.29 is 19.1 Å². The summed E-state index contributed by atoms with van der Waals surface area (Å²) in [6.45, 7) is 5.55. The number of ether oxygens (including phenoxy) is 2. The van der Waals surface area contributed by atoms with Gasteiger partial charge in [0, 0.05) is 32.7 Å². The lowest BCUT2D eigenvalue weighted by atomic mass is 10.1. The molecule has 0 radical (unpaired) electrons. The lowest BCUT2D eigenvalue weighted by molar-refractivity contribution is -0.136. The van der Waals surface area contributed by atoms with Crippen LogP contribution in [0.4, 0.5) is 0 Å². The van der Waals surface area contributed by atoms with Gasteiger partial charge >= 0.3 is 0 Å². The molecule has 0 bridgehead atoms. The fourth-order valence-electron chi connectivity index (χ4n) is 2.78. The van der Waals surface area contributed by atoms with Crippen molar-refractivity contribution in [1.82, 2.24) is 9.80 Å². The molecule has 0 aromatic heterocycles. The van der Waals surface area contributed by atoms with Crippen molar-refractivity contribution in [3.05, 3.63) is 23.8 Å². The highest BCUT2D eigenvalue weighted by Gasteiger charge is 2.22. The molecule has 1 fully saturated rings. The Bertz CT molecular complexity index is 580. The fourth-order valence-corrected chi connectivity index (χ4v) is 2.78. The van der Waals surface area contributed by atoms with Gasteiger partial charge in [-0.2, -0.15) is 0 Å². The van der Waals surface area contributed by atoms with Crippen molar-refractivity contribution in [3.63, 3.8) is 0 Å². The van der Waals surface area contributed by atoms with E-state index in [9.17, 15) is 9.59 Å². The maximum atomic E-state index is 11.9. The van der Waals surface area contributed by atoms with Crippen LogP contribution in [0.1, 0.15) is 18.9 Å². The van der Waals surface area contributed by atoms with E-state index < -0.39 is 0 Å². The van der Waals surface area contributed by atoms with Crippen molar-refractivity contribution in [3.8, 4) is 11.5 Å². The zero-order chi connectivity index (χ0) is 15.5. The van der Waals surface area contributed by atoms with E-state index in [0.717, 1.165) is 31.1 Å². The number of rotatable bonds is 4. The molecule has 1 aromatic rings. The summed E-state index contributed by atoms with van der Waals surface area (Å²) in [4.78, 5) is 26.9. The topological polar surface area (TPSA) is 59.1 Å². The second kappa shape index (κ2) is 6.36. The number of hydrogen-bond acceptors (Lipinski definition) is 5. The average molecular weight is 304 g/mol. The van der Waals surface area contributed by atoms with Crippen LogP contribution < -0.4 is 9.47 Å². The molecule has 0 atom stereocenters. The van der Waals surface area contributed by atoms with E-state index in [0.29, 0.717) is 13.1 Å². The zero-order valence-corrected chi connectivity index (χ0v) is 12.7. The predicted molar refractivity (Wildman–Crippen MR) is 79.7 cm³/mol. The standard InChI is InChI=1S/C16H20N2O4/c1-12(19)8-16(20)18-6-4-17(5-7-18)10-13-2-3-14-15(9-13)22-11-21-14/h2-3,9H,4-8,10-11H2,1H3. The minimum atomic E-state index is -0.0761. The summed E-state index contributed by atoms with van der Waals surface area (Å²) in [6.07, 6.45) is 0.0160. The Kier molecular flexibility index (Phi) is 4.29. The van der Waals surface area contributed by atoms with Crippen LogP contribution in [0.15, 0.2) is 18.2 Å². The lowest BCUT2D eigenvalue weighted by Crippen LogP contribution is -2.48. The fraction of sp³-hybridized carbons (Fsp3) is 0.500. The molecule has 3 rings (SSSR count). The molecule has 2 heterocycles. The number of fused-ring (bicyclic) bond motifs is 1. The number of carbonyl (C=O) groups excluding carboxylic acids is 2. The Balaban J connectivity index is 1.52. The van der Waals surface area contributed by atoms with E-state index in [-0.39, 0.29) is 24.9 Å². The molecule has 22 heavy (non-hydrogen) atoms.